The van der Waals surface area contributed by atoms with Crippen LogP contribution in [-0.4, -0.2) is 40.2 Å². The van der Waals surface area contributed by atoms with Gasteiger partial charge in [-0.1, -0.05) is 0 Å². The third-order valence-electron chi connectivity index (χ3n) is 3.40. The molecule has 0 aliphatic heterocycles. The monoisotopic (exact) mass is 321 g/mol. The molecule has 5 nitrogen and oxygen atoms in total. The molecule has 130 valence electrons. The highest BCUT2D eigenvalue weighted by atomic mass is 16.6. The predicted molar refractivity (Wildman–Crippen MR) is 93.4 cm³/mol. The van der Waals surface area contributed by atoms with Crippen LogP contribution in [0, 0.1) is 6.92 Å². The zero-order chi connectivity index (χ0) is 17.7. The molecule has 1 heterocycles. The van der Waals surface area contributed by atoms with Gasteiger partial charge in [0.1, 0.15) is 5.60 Å². The Morgan fingerprint density at radius 1 is 1.26 bits per heavy atom. The van der Waals surface area contributed by atoms with Crippen molar-refractivity contribution in [3.63, 3.8) is 0 Å². The molecule has 1 rings (SSSR count). The summed E-state index contributed by atoms with van der Waals surface area (Å²) in [4.78, 5) is 18.3. The molecule has 0 saturated carbocycles. The van der Waals surface area contributed by atoms with Gasteiger partial charge in [-0.15, -0.1) is 0 Å². The van der Waals surface area contributed by atoms with E-state index in [1.165, 1.54) is 11.1 Å². The lowest BCUT2D eigenvalue weighted by Gasteiger charge is -2.37. The predicted octanol–water partition coefficient (Wildman–Crippen LogP) is 3.52. The van der Waals surface area contributed by atoms with Crippen molar-refractivity contribution in [2.24, 2.45) is 0 Å². The summed E-state index contributed by atoms with van der Waals surface area (Å²) in [5, 5.41) is 3.37. The Morgan fingerprint density at radius 3 is 2.43 bits per heavy atom. The molecule has 1 N–H and O–H groups in total. The second kappa shape index (κ2) is 7.77. The van der Waals surface area contributed by atoms with Gasteiger partial charge in [0.25, 0.3) is 0 Å². The van der Waals surface area contributed by atoms with Crippen molar-refractivity contribution in [2.75, 3.05) is 13.1 Å². The Balaban J connectivity index is 2.56. The minimum atomic E-state index is -0.485. The Hall–Kier alpha value is -1.62. The fourth-order valence-corrected chi connectivity index (χ4v) is 2.11. The maximum absolute atomic E-state index is 12.4. The first-order chi connectivity index (χ1) is 10.5. The lowest BCUT2D eigenvalue weighted by molar-refractivity contribution is 0.00663. The lowest BCUT2D eigenvalue weighted by atomic mass is 10.1. The molecule has 0 saturated heterocycles. The normalized spacial score (nSPS) is 12.1. The first-order valence-electron chi connectivity index (χ1n) is 8.11. The molecule has 0 spiro atoms. The average Bonchev–Trinajstić information content (AvgIpc) is 2.36. The number of amides is 1. The molecule has 0 bridgehead atoms. The van der Waals surface area contributed by atoms with Crippen LogP contribution >= 0.6 is 0 Å². The van der Waals surface area contributed by atoms with Crippen LogP contribution < -0.4 is 5.32 Å². The highest BCUT2D eigenvalue weighted by Crippen LogP contribution is 2.18. The fourth-order valence-electron chi connectivity index (χ4n) is 2.11. The third-order valence-corrected chi connectivity index (χ3v) is 3.40. The van der Waals surface area contributed by atoms with Crippen LogP contribution in [0.2, 0.25) is 0 Å². The van der Waals surface area contributed by atoms with Gasteiger partial charge in [0.05, 0.1) is 0 Å². The molecule has 5 heteroatoms. The topological polar surface area (TPSA) is 54.5 Å². The van der Waals surface area contributed by atoms with Crippen molar-refractivity contribution in [1.29, 1.82) is 0 Å². The van der Waals surface area contributed by atoms with Gasteiger partial charge in [0.15, 0.2) is 0 Å². The first kappa shape index (κ1) is 19.4. The van der Waals surface area contributed by atoms with Gasteiger partial charge in [0.2, 0.25) is 0 Å². The van der Waals surface area contributed by atoms with E-state index in [-0.39, 0.29) is 11.6 Å². The van der Waals surface area contributed by atoms with Crippen molar-refractivity contribution in [3.05, 3.63) is 29.6 Å². The largest absolute Gasteiger partial charge is 0.444 e. The van der Waals surface area contributed by atoms with E-state index in [2.05, 4.69) is 17.2 Å². The van der Waals surface area contributed by atoms with Crippen molar-refractivity contribution < 1.29 is 9.53 Å². The number of pyridine rings is 1. The molecular weight excluding hydrogens is 290 g/mol. The lowest BCUT2D eigenvalue weighted by Crippen LogP contribution is -2.50. The van der Waals surface area contributed by atoms with Crippen molar-refractivity contribution in [1.82, 2.24) is 15.2 Å². The quantitative estimate of drug-likeness (QED) is 0.843. The summed E-state index contributed by atoms with van der Waals surface area (Å²) in [6.45, 7) is 15.8. The van der Waals surface area contributed by atoms with E-state index in [1.54, 1.807) is 11.1 Å². The molecule has 1 amide bonds. The number of aryl methyl sites for hydroxylation is 1. The van der Waals surface area contributed by atoms with Crippen LogP contribution in [0.1, 0.15) is 52.7 Å². The van der Waals surface area contributed by atoms with Gasteiger partial charge in [-0.25, -0.2) is 4.79 Å². The Bertz CT molecular complexity index is 516. The second-order valence-corrected chi connectivity index (χ2v) is 7.78. The minimum Gasteiger partial charge on any atom is -0.444 e. The van der Waals surface area contributed by atoms with Gasteiger partial charge in [-0.3, -0.25) is 4.98 Å². The number of nitrogens with one attached hydrogen (secondary N) is 1. The van der Waals surface area contributed by atoms with Crippen LogP contribution in [0.25, 0.3) is 0 Å². The van der Waals surface area contributed by atoms with E-state index >= 15 is 0 Å². The summed E-state index contributed by atoms with van der Waals surface area (Å²) >= 11 is 0. The molecule has 0 radical (unpaired) electrons. The zero-order valence-electron chi connectivity index (χ0n) is 15.6. The number of ether oxygens (including phenoxy) is 1. The van der Waals surface area contributed by atoms with E-state index in [1.807, 2.05) is 53.8 Å². The van der Waals surface area contributed by atoms with Gasteiger partial charge in [-0.05, 0) is 65.7 Å². The average molecular weight is 321 g/mol. The maximum atomic E-state index is 12.4. The summed E-state index contributed by atoms with van der Waals surface area (Å²) in [7, 11) is 0. The van der Waals surface area contributed by atoms with Crippen LogP contribution in [0.15, 0.2) is 18.5 Å². The number of carbonyl (C=O) groups excluding carboxylic acids is 1. The van der Waals surface area contributed by atoms with Gasteiger partial charge < -0.3 is 15.0 Å². The highest BCUT2D eigenvalue weighted by Gasteiger charge is 2.30. The molecule has 0 unspecified atom stereocenters. The summed E-state index contributed by atoms with van der Waals surface area (Å²) in [5.74, 6) is 0. The standard InChI is InChI=1S/C18H31N3O2/c1-14-8-9-19-12-15(14)13-20-10-11-21(17(2,3)4)16(22)23-18(5,6)7/h8-9,12,20H,10-11,13H2,1-7H3. The van der Waals surface area contributed by atoms with Crippen LogP contribution in [-0.2, 0) is 11.3 Å². The molecule has 0 aliphatic rings. The van der Waals surface area contributed by atoms with Crippen molar-refractivity contribution in [3.8, 4) is 0 Å². The Labute approximate surface area is 140 Å². The van der Waals surface area contributed by atoms with E-state index in [0.717, 1.165) is 6.54 Å². The van der Waals surface area contributed by atoms with E-state index in [4.69, 9.17) is 4.74 Å². The van der Waals surface area contributed by atoms with Crippen LogP contribution in [0.5, 0.6) is 0 Å². The zero-order valence-corrected chi connectivity index (χ0v) is 15.6. The molecule has 23 heavy (non-hydrogen) atoms. The number of aromatic nitrogens is 1. The fraction of sp³-hybridized carbons (Fsp3) is 0.667. The molecule has 1 aromatic rings. The second-order valence-electron chi connectivity index (χ2n) is 7.78. The number of hydrogen-bond donors (Lipinski definition) is 1. The van der Waals surface area contributed by atoms with Gasteiger partial charge in [-0.2, -0.15) is 0 Å². The summed E-state index contributed by atoms with van der Waals surface area (Å²) < 4.78 is 5.51. The van der Waals surface area contributed by atoms with Crippen LogP contribution in [0.4, 0.5) is 4.79 Å². The molecule has 0 aliphatic carbocycles. The molecule has 0 aromatic carbocycles. The number of hydrogen-bond acceptors (Lipinski definition) is 4. The molecule has 1 aromatic heterocycles. The summed E-state index contributed by atoms with van der Waals surface area (Å²) in [5.41, 5.74) is 1.62. The summed E-state index contributed by atoms with van der Waals surface area (Å²) in [6, 6.07) is 2.00. The van der Waals surface area contributed by atoms with Crippen LogP contribution in [0.3, 0.4) is 0 Å². The SMILES string of the molecule is Cc1ccncc1CNCCN(C(=O)OC(C)(C)C)C(C)(C)C. The highest BCUT2D eigenvalue weighted by molar-refractivity contribution is 5.69. The number of carbonyl (C=O) groups is 1. The first-order valence-corrected chi connectivity index (χ1v) is 8.11. The van der Waals surface area contributed by atoms with E-state index in [0.29, 0.717) is 13.1 Å². The Kier molecular flexibility index (Phi) is 6.57. The molecule has 0 atom stereocenters. The molecule has 0 fully saturated rings. The maximum Gasteiger partial charge on any atom is 0.410 e. The minimum absolute atomic E-state index is 0.274. The number of rotatable bonds is 5. The van der Waals surface area contributed by atoms with Gasteiger partial charge in [0, 0.05) is 37.6 Å². The van der Waals surface area contributed by atoms with Gasteiger partial charge >= 0.3 is 6.09 Å². The summed E-state index contributed by atoms with van der Waals surface area (Å²) in [6.07, 6.45) is 3.39. The Morgan fingerprint density at radius 2 is 1.91 bits per heavy atom. The van der Waals surface area contributed by atoms with Crippen molar-refractivity contribution >= 4 is 6.09 Å². The van der Waals surface area contributed by atoms with E-state index < -0.39 is 5.60 Å². The smallest absolute Gasteiger partial charge is 0.410 e. The third kappa shape index (κ3) is 6.99. The number of nitrogens with zero attached hydrogens (tertiary/aromatic N) is 2. The molecular formula is C18H31N3O2. The van der Waals surface area contributed by atoms with E-state index in [9.17, 15) is 4.79 Å². The van der Waals surface area contributed by atoms with Crippen molar-refractivity contribution in [2.45, 2.75) is 66.2 Å².